The second kappa shape index (κ2) is 4.13. The van der Waals surface area contributed by atoms with Crippen molar-refractivity contribution in [3.05, 3.63) is 35.4 Å². The molecule has 0 fully saturated rings. The Balaban J connectivity index is 3.05. The third kappa shape index (κ3) is 2.59. The minimum Gasteiger partial charge on any atom is -0.317 e. The molecule has 1 atom stereocenters. The Hall–Kier alpha value is -0.960. The second-order valence-electron chi connectivity index (χ2n) is 5.41. The van der Waals surface area contributed by atoms with Crippen LogP contribution in [0.5, 0.6) is 0 Å². The fourth-order valence-corrected chi connectivity index (χ4v) is 1.46. The maximum Gasteiger partial charge on any atom is 0.260 e. The summed E-state index contributed by atoms with van der Waals surface area (Å²) in [6, 6.07) is 7.10. The Kier molecular flexibility index (Phi) is 3.38. The molecule has 0 aliphatic rings. The van der Waals surface area contributed by atoms with Crippen molar-refractivity contribution in [2.45, 2.75) is 45.1 Å². The van der Waals surface area contributed by atoms with Crippen LogP contribution in [0.4, 0.5) is 8.78 Å². The summed E-state index contributed by atoms with van der Waals surface area (Å²) in [5.74, 6) is 0. The Morgan fingerprint density at radius 3 is 1.62 bits per heavy atom. The van der Waals surface area contributed by atoms with Gasteiger partial charge in [0, 0.05) is 0 Å². The Labute approximate surface area is 95.7 Å². The molecule has 1 aromatic carbocycles. The quantitative estimate of drug-likeness (QED) is 0.823. The Morgan fingerprint density at radius 2 is 1.31 bits per heavy atom. The molecule has 0 saturated heterocycles. The van der Waals surface area contributed by atoms with Gasteiger partial charge in [0.15, 0.2) is 0 Å². The lowest BCUT2D eigenvalue weighted by Crippen LogP contribution is -2.40. The predicted molar refractivity (Wildman–Crippen MR) is 62.7 cm³/mol. The van der Waals surface area contributed by atoms with Gasteiger partial charge in [-0.2, -0.15) is 0 Å². The van der Waals surface area contributed by atoms with Gasteiger partial charge in [0.05, 0.1) is 5.54 Å². The van der Waals surface area contributed by atoms with E-state index in [-0.39, 0.29) is 5.41 Å². The molecule has 0 saturated carbocycles. The van der Waals surface area contributed by atoms with Crippen LogP contribution >= 0.6 is 0 Å². The molecule has 90 valence electrons. The van der Waals surface area contributed by atoms with Crippen molar-refractivity contribution in [2.24, 2.45) is 5.73 Å². The maximum absolute atomic E-state index is 12.7. The summed E-state index contributed by atoms with van der Waals surface area (Å²) in [4.78, 5) is 0. The van der Waals surface area contributed by atoms with Gasteiger partial charge >= 0.3 is 0 Å². The van der Waals surface area contributed by atoms with Crippen molar-refractivity contribution in [3.8, 4) is 0 Å². The standard InChI is InChI=1S/C13H19F2N/c1-12(2,3)9-5-7-10(8-6-9)13(4,16)11(14)15/h5-8,11H,16H2,1-4H3. The molecular weight excluding hydrogens is 208 g/mol. The van der Waals surface area contributed by atoms with Gasteiger partial charge in [0.25, 0.3) is 6.43 Å². The zero-order valence-electron chi connectivity index (χ0n) is 10.2. The first-order valence-corrected chi connectivity index (χ1v) is 5.34. The van der Waals surface area contributed by atoms with Crippen LogP contribution in [0, 0.1) is 0 Å². The molecule has 0 bridgehead atoms. The largest absolute Gasteiger partial charge is 0.317 e. The molecule has 0 spiro atoms. The van der Waals surface area contributed by atoms with E-state index in [0.29, 0.717) is 5.56 Å². The van der Waals surface area contributed by atoms with Gasteiger partial charge in [0.1, 0.15) is 0 Å². The summed E-state index contributed by atoms with van der Waals surface area (Å²) >= 11 is 0. The monoisotopic (exact) mass is 227 g/mol. The van der Waals surface area contributed by atoms with Crippen LogP contribution in [-0.4, -0.2) is 6.43 Å². The van der Waals surface area contributed by atoms with Crippen molar-refractivity contribution in [2.75, 3.05) is 0 Å². The molecule has 1 rings (SSSR count). The summed E-state index contributed by atoms with van der Waals surface area (Å²) in [6.07, 6.45) is -2.56. The average Bonchev–Trinajstić information content (AvgIpc) is 2.16. The highest BCUT2D eigenvalue weighted by Crippen LogP contribution is 2.28. The number of alkyl halides is 2. The number of benzene rings is 1. The third-order valence-electron chi connectivity index (χ3n) is 2.83. The Morgan fingerprint density at radius 1 is 0.938 bits per heavy atom. The molecule has 0 amide bonds. The molecule has 16 heavy (non-hydrogen) atoms. The number of hydrogen-bond acceptors (Lipinski definition) is 1. The first-order valence-electron chi connectivity index (χ1n) is 5.34. The smallest absolute Gasteiger partial charge is 0.260 e. The topological polar surface area (TPSA) is 26.0 Å². The molecular formula is C13H19F2N. The van der Waals surface area contributed by atoms with E-state index in [1.54, 1.807) is 12.1 Å². The second-order valence-corrected chi connectivity index (χ2v) is 5.41. The van der Waals surface area contributed by atoms with Gasteiger partial charge in [-0.1, -0.05) is 45.0 Å². The molecule has 0 heterocycles. The average molecular weight is 227 g/mol. The lowest BCUT2D eigenvalue weighted by Gasteiger charge is -2.26. The van der Waals surface area contributed by atoms with Crippen LogP contribution in [0.1, 0.15) is 38.8 Å². The highest BCUT2D eigenvalue weighted by atomic mass is 19.3. The van der Waals surface area contributed by atoms with Crippen molar-refractivity contribution in [1.29, 1.82) is 0 Å². The first kappa shape index (κ1) is 13.1. The van der Waals surface area contributed by atoms with Gasteiger partial charge in [-0.05, 0) is 23.5 Å². The van der Waals surface area contributed by atoms with E-state index in [4.69, 9.17) is 5.73 Å². The molecule has 0 aliphatic carbocycles. The van der Waals surface area contributed by atoms with Crippen LogP contribution in [0.2, 0.25) is 0 Å². The molecule has 1 nitrogen and oxygen atoms in total. The van der Waals surface area contributed by atoms with Crippen LogP contribution in [0.25, 0.3) is 0 Å². The molecule has 0 aromatic heterocycles. The van der Waals surface area contributed by atoms with Gasteiger partial charge in [0.2, 0.25) is 0 Å². The number of rotatable bonds is 2. The maximum atomic E-state index is 12.7. The van der Waals surface area contributed by atoms with Gasteiger partial charge in [-0.3, -0.25) is 0 Å². The van der Waals surface area contributed by atoms with Crippen molar-refractivity contribution in [3.63, 3.8) is 0 Å². The van der Waals surface area contributed by atoms with E-state index >= 15 is 0 Å². The van der Waals surface area contributed by atoms with Crippen molar-refractivity contribution in [1.82, 2.24) is 0 Å². The molecule has 3 heteroatoms. The summed E-state index contributed by atoms with van der Waals surface area (Å²) in [7, 11) is 0. The van der Waals surface area contributed by atoms with Crippen LogP contribution in [0.15, 0.2) is 24.3 Å². The van der Waals surface area contributed by atoms with Gasteiger partial charge in [-0.15, -0.1) is 0 Å². The summed E-state index contributed by atoms with van der Waals surface area (Å²) in [6.45, 7) is 7.59. The zero-order chi connectivity index (χ0) is 12.6. The normalized spacial score (nSPS) is 16.2. The first-order chi connectivity index (χ1) is 7.15. The van der Waals surface area contributed by atoms with Crippen molar-refractivity contribution < 1.29 is 8.78 Å². The number of nitrogens with two attached hydrogens (primary N) is 1. The molecule has 1 aromatic rings. The zero-order valence-corrected chi connectivity index (χ0v) is 10.2. The van der Waals surface area contributed by atoms with E-state index in [1.165, 1.54) is 6.92 Å². The minimum absolute atomic E-state index is 0.0222. The predicted octanol–water partition coefficient (Wildman–Crippen LogP) is 3.42. The molecule has 1 unspecified atom stereocenters. The molecule has 2 N–H and O–H groups in total. The highest BCUT2D eigenvalue weighted by Gasteiger charge is 2.32. The van der Waals surface area contributed by atoms with Crippen molar-refractivity contribution >= 4 is 0 Å². The van der Waals surface area contributed by atoms with E-state index in [2.05, 4.69) is 20.8 Å². The lowest BCUT2D eigenvalue weighted by atomic mass is 9.84. The fourth-order valence-electron chi connectivity index (χ4n) is 1.46. The van der Waals surface area contributed by atoms with E-state index in [1.807, 2.05) is 12.1 Å². The van der Waals surface area contributed by atoms with Crippen LogP contribution in [-0.2, 0) is 11.0 Å². The molecule has 0 aliphatic heterocycles. The summed E-state index contributed by atoms with van der Waals surface area (Å²) in [5, 5.41) is 0. The highest BCUT2D eigenvalue weighted by molar-refractivity contribution is 5.31. The van der Waals surface area contributed by atoms with Crippen LogP contribution in [0.3, 0.4) is 0 Å². The van der Waals surface area contributed by atoms with Gasteiger partial charge in [-0.25, -0.2) is 8.78 Å². The summed E-state index contributed by atoms with van der Waals surface area (Å²) < 4.78 is 25.4. The van der Waals surface area contributed by atoms with E-state index in [0.717, 1.165) is 5.56 Å². The SMILES string of the molecule is CC(C)(C)c1ccc(C(C)(N)C(F)F)cc1. The van der Waals surface area contributed by atoms with E-state index in [9.17, 15) is 8.78 Å². The summed E-state index contributed by atoms with van der Waals surface area (Å²) in [5.41, 5.74) is 5.62. The number of halogens is 2. The van der Waals surface area contributed by atoms with Gasteiger partial charge < -0.3 is 5.73 Å². The lowest BCUT2D eigenvalue weighted by molar-refractivity contribution is 0.0625. The Bertz CT molecular complexity index is 347. The van der Waals surface area contributed by atoms with Crippen LogP contribution < -0.4 is 5.73 Å². The minimum atomic E-state index is -2.56. The third-order valence-corrected chi connectivity index (χ3v) is 2.83. The van der Waals surface area contributed by atoms with E-state index < -0.39 is 12.0 Å². The number of hydrogen-bond donors (Lipinski definition) is 1. The molecule has 0 radical (unpaired) electrons. The fraction of sp³-hybridized carbons (Fsp3) is 0.538.